The molecule has 0 aromatic heterocycles. The first-order valence-corrected chi connectivity index (χ1v) is 6.54. The normalized spacial score (nSPS) is 24.4. The highest BCUT2D eigenvalue weighted by Gasteiger charge is 2.26. The standard InChI is InChI=1S/C15H21NO2/c1-10-6-12(3)16(8-10)9-14-5-4-13(15(17)18)7-11(14)2/h4-5,7,10,12H,6,8-9H2,1-3H3,(H,17,18). The highest BCUT2D eigenvalue weighted by Crippen LogP contribution is 2.25. The molecule has 1 aliphatic rings. The lowest BCUT2D eigenvalue weighted by molar-refractivity contribution is 0.0696. The molecule has 1 heterocycles. The molecular weight excluding hydrogens is 226 g/mol. The summed E-state index contributed by atoms with van der Waals surface area (Å²) < 4.78 is 0. The van der Waals surface area contributed by atoms with Crippen molar-refractivity contribution in [2.75, 3.05) is 6.54 Å². The molecule has 1 aromatic carbocycles. The summed E-state index contributed by atoms with van der Waals surface area (Å²) in [5.74, 6) is -0.0913. The molecule has 1 saturated heterocycles. The summed E-state index contributed by atoms with van der Waals surface area (Å²) in [6, 6.07) is 6.05. The van der Waals surface area contributed by atoms with Crippen molar-refractivity contribution in [3.63, 3.8) is 0 Å². The van der Waals surface area contributed by atoms with Gasteiger partial charge < -0.3 is 5.11 Å². The molecule has 1 aromatic rings. The van der Waals surface area contributed by atoms with Crippen LogP contribution in [-0.2, 0) is 6.54 Å². The predicted molar refractivity (Wildman–Crippen MR) is 71.8 cm³/mol. The van der Waals surface area contributed by atoms with Gasteiger partial charge in [-0.2, -0.15) is 0 Å². The van der Waals surface area contributed by atoms with Crippen molar-refractivity contribution in [1.29, 1.82) is 0 Å². The smallest absolute Gasteiger partial charge is 0.335 e. The fourth-order valence-corrected chi connectivity index (χ4v) is 2.83. The summed E-state index contributed by atoms with van der Waals surface area (Å²) in [5, 5.41) is 8.95. The van der Waals surface area contributed by atoms with Gasteiger partial charge in [0.15, 0.2) is 0 Å². The first-order chi connectivity index (χ1) is 8.47. The topological polar surface area (TPSA) is 40.5 Å². The second-order valence-corrected chi connectivity index (χ2v) is 5.57. The molecule has 0 amide bonds. The van der Waals surface area contributed by atoms with Crippen molar-refractivity contribution in [2.24, 2.45) is 5.92 Å². The number of nitrogens with zero attached hydrogens (tertiary/aromatic N) is 1. The highest BCUT2D eigenvalue weighted by molar-refractivity contribution is 5.87. The van der Waals surface area contributed by atoms with E-state index in [9.17, 15) is 4.79 Å². The largest absolute Gasteiger partial charge is 0.478 e. The number of rotatable bonds is 3. The van der Waals surface area contributed by atoms with Gasteiger partial charge in [0.25, 0.3) is 0 Å². The van der Waals surface area contributed by atoms with Gasteiger partial charge >= 0.3 is 5.97 Å². The molecule has 18 heavy (non-hydrogen) atoms. The zero-order chi connectivity index (χ0) is 13.3. The molecule has 1 aliphatic heterocycles. The lowest BCUT2D eigenvalue weighted by Gasteiger charge is -2.22. The molecule has 0 bridgehead atoms. The van der Waals surface area contributed by atoms with Gasteiger partial charge in [-0.05, 0) is 49.4 Å². The second kappa shape index (κ2) is 5.11. The van der Waals surface area contributed by atoms with Gasteiger partial charge in [-0.3, -0.25) is 4.90 Å². The molecule has 2 rings (SSSR count). The summed E-state index contributed by atoms with van der Waals surface area (Å²) in [6.45, 7) is 8.62. The SMILES string of the molecule is Cc1cc(C(=O)O)ccc1CN1CC(C)CC1C. The lowest BCUT2D eigenvalue weighted by atomic mass is 10.0. The van der Waals surface area contributed by atoms with E-state index in [4.69, 9.17) is 5.11 Å². The average Bonchev–Trinajstić information content (AvgIpc) is 2.60. The van der Waals surface area contributed by atoms with Crippen LogP contribution in [0.2, 0.25) is 0 Å². The lowest BCUT2D eigenvalue weighted by Crippen LogP contribution is -2.26. The molecule has 98 valence electrons. The third-order valence-corrected chi connectivity index (χ3v) is 3.88. The Morgan fingerprint density at radius 1 is 1.44 bits per heavy atom. The van der Waals surface area contributed by atoms with Crippen LogP contribution >= 0.6 is 0 Å². The number of likely N-dealkylation sites (tertiary alicyclic amines) is 1. The van der Waals surface area contributed by atoms with Crippen molar-refractivity contribution < 1.29 is 9.90 Å². The molecule has 1 N–H and O–H groups in total. The van der Waals surface area contributed by atoms with Gasteiger partial charge in [0.05, 0.1) is 5.56 Å². The number of carboxylic acids is 1. The van der Waals surface area contributed by atoms with Crippen LogP contribution in [0, 0.1) is 12.8 Å². The quantitative estimate of drug-likeness (QED) is 0.892. The van der Waals surface area contributed by atoms with E-state index in [0.717, 1.165) is 24.6 Å². The third-order valence-electron chi connectivity index (χ3n) is 3.88. The first kappa shape index (κ1) is 13.1. The minimum atomic E-state index is -0.854. The van der Waals surface area contributed by atoms with Gasteiger partial charge in [-0.25, -0.2) is 4.79 Å². The Kier molecular flexibility index (Phi) is 3.71. The Morgan fingerprint density at radius 2 is 2.17 bits per heavy atom. The maximum Gasteiger partial charge on any atom is 0.335 e. The fourth-order valence-electron chi connectivity index (χ4n) is 2.83. The van der Waals surface area contributed by atoms with Crippen molar-refractivity contribution >= 4 is 5.97 Å². The van der Waals surface area contributed by atoms with E-state index >= 15 is 0 Å². The monoisotopic (exact) mass is 247 g/mol. The number of benzene rings is 1. The molecular formula is C15H21NO2. The van der Waals surface area contributed by atoms with Crippen molar-refractivity contribution in [2.45, 2.75) is 39.8 Å². The van der Waals surface area contributed by atoms with Crippen molar-refractivity contribution in [1.82, 2.24) is 4.90 Å². The Bertz CT molecular complexity index is 456. The fraction of sp³-hybridized carbons (Fsp3) is 0.533. The summed E-state index contributed by atoms with van der Waals surface area (Å²) in [7, 11) is 0. The number of aryl methyl sites for hydroxylation is 1. The molecule has 1 fully saturated rings. The molecule has 0 radical (unpaired) electrons. The number of aromatic carboxylic acids is 1. The molecule has 0 aliphatic carbocycles. The average molecular weight is 247 g/mol. The highest BCUT2D eigenvalue weighted by atomic mass is 16.4. The van der Waals surface area contributed by atoms with Crippen molar-refractivity contribution in [3.8, 4) is 0 Å². The van der Waals surface area contributed by atoms with E-state index in [1.165, 1.54) is 12.0 Å². The van der Waals surface area contributed by atoms with E-state index < -0.39 is 5.97 Å². The molecule has 2 atom stereocenters. The van der Waals surface area contributed by atoms with E-state index in [-0.39, 0.29) is 0 Å². The van der Waals surface area contributed by atoms with Gasteiger partial charge in [-0.1, -0.05) is 13.0 Å². The van der Waals surface area contributed by atoms with E-state index in [1.807, 2.05) is 13.0 Å². The van der Waals surface area contributed by atoms with Crippen LogP contribution in [0.5, 0.6) is 0 Å². The van der Waals surface area contributed by atoms with Crippen LogP contribution in [-0.4, -0.2) is 28.6 Å². The number of carbonyl (C=O) groups is 1. The van der Waals surface area contributed by atoms with Crippen molar-refractivity contribution in [3.05, 3.63) is 34.9 Å². The van der Waals surface area contributed by atoms with Crippen LogP contribution in [0.15, 0.2) is 18.2 Å². The molecule has 3 heteroatoms. The minimum Gasteiger partial charge on any atom is -0.478 e. The zero-order valence-corrected chi connectivity index (χ0v) is 11.3. The first-order valence-electron chi connectivity index (χ1n) is 6.54. The Hall–Kier alpha value is -1.35. The van der Waals surface area contributed by atoms with E-state index in [2.05, 4.69) is 18.7 Å². The second-order valence-electron chi connectivity index (χ2n) is 5.57. The number of hydrogen-bond donors (Lipinski definition) is 1. The Morgan fingerprint density at radius 3 is 2.67 bits per heavy atom. The summed E-state index contributed by atoms with van der Waals surface area (Å²) in [6.07, 6.45) is 1.26. The van der Waals surface area contributed by atoms with Gasteiger partial charge in [-0.15, -0.1) is 0 Å². The maximum atomic E-state index is 10.9. The van der Waals surface area contributed by atoms with Crippen LogP contribution in [0.1, 0.15) is 41.8 Å². The molecule has 2 unspecified atom stereocenters. The number of hydrogen-bond acceptors (Lipinski definition) is 2. The number of carboxylic acid groups (broad SMARTS) is 1. The summed E-state index contributed by atoms with van der Waals surface area (Å²) >= 11 is 0. The van der Waals surface area contributed by atoms with E-state index in [1.54, 1.807) is 12.1 Å². The summed E-state index contributed by atoms with van der Waals surface area (Å²) in [4.78, 5) is 13.4. The zero-order valence-electron chi connectivity index (χ0n) is 11.3. The van der Waals surface area contributed by atoms with Crippen LogP contribution < -0.4 is 0 Å². The molecule has 3 nitrogen and oxygen atoms in total. The summed E-state index contributed by atoms with van der Waals surface area (Å²) in [5.41, 5.74) is 2.68. The van der Waals surface area contributed by atoms with E-state index in [0.29, 0.717) is 11.6 Å². The molecule has 0 spiro atoms. The van der Waals surface area contributed by atoms with Gasteiger partial charge in [0, 0.05) is 19.1 Å². The van der Waals surface area contributed by atoms with Gasteiger partial charge in [0.1, 0.15) is 0 Å². The predicted octanol–water partition coefficient (Wildman–Crippen LogP) is 2.92. The van der Waals surface area contributed by atoms with Crippen LogP contribution in [0.4, 0.5) is 0 Å². The van der Waals surface area contributed by atoms with Crippen LogP contribution in [0.25, 0.3) is 0 Å². The molecule has 0 saturated carbocycles. The third kappa shape index (κ3) is 2.72. The Labute approximate surface area is 108 Å². The van der Waals surface area contributed by atoms with Crippen LogP contribution in [0.3, 0.4) is 0 Å². The Balaban J connectivity index is 2.12. The van der Waals surface area contributed by atoms with Gasteiger partial charge in [0.2, 0.25) is 0 Å². The maximum absolute atomic E-state index is 10.9. The minimum absolute atomic E-state index is 0.374.